The van der Waals surface area contributed by atoms with E-state index in [-0.39, 0.29) is 11.1 Å². The Hall–Kier alpha value is -4.80. The number of hydrogen-bond donors (Lipinski definition) is 0. The van der Waals surface area contributed by atoms with E-state index >= 15 is 0 Å². The van der Waals surface area contributed by atoms with Crippen LogP contribution in [0.2, 0.25) is 0 Å². The molecule has 0 aliphatic heterocycles. The van der Waals surface area contributed by atoms with Gasteiger partial charge in [0.1, 0.15) is 11.5 Å². The molecule has 0 heterocycles. The van der Waals surface area contributed by atoms with Gasteiger partial charge >= 0.3 is 11.9 Å². The fraction of sp³-hybridized carbons (Fsp3) is 0.222. The second kappa shape index (κ2) is 12.4. The molecule has 0 spiro atoms. The molecule has 40 heavy (non-hydrogen) atoms. The summed E-state index contributed by atoms with van der Waals surface area (Å²) in [7, 11) is 0. The highest BCUT2D eigenvalue weighted by molar-refractivity contribution is 6.04. The number of hydrogen-bond acceptors (Lipinski definition) is 4. The third-order valence-corrected chi connectivity index (χ3v) is 6.54. The summed E-state index contributed by atoms with van der Waals surface area (Å²) in [6.07, 6.45) is 3.12. The lowest BCUT2D eigenvalue weighted by molar-refractivity contribution is 0.0691. The second-order valence-corrected chi connectivity index (χ2v) is 10.5. The number of carbonyl (C=O) groups is 2. The standard InChI is InChI=1S/C36H34O4/c1-9-11-21-35(5,6)27-17-19-31(25(3)23-27)39-33(37)29-15-13-14-16-30(29)34(38)40-32-20-18-28(24-26(32)4)36(7,8)22-12-10-2/h9-10,13-20,23-24H,1-2H2,3-8H3. The van der Waals surface area contributed by atoms with E-state index in [1.807, 2.05) is 65.8 Å². The molecule has 0 aliphatic rings. The molecule has 0 aliphatic carbocycles. The third kappa shape index (κ3) is 6.99. The highest BCUT2D eigenvalue weighted by atomic mass is 16.5. The SMILES string of the molecule is C=CC#CC(C)(C)c1ccc(OC(=O)c2ccccc2C(=O)Oc2ccc(C(C)(C)C#CC=C)cc2C)c(C)c1. The van der Waals surface area contributed by atoms with E-state index < -0.39 is 22.8 Å². The van der Waals surface area contributed by atoms with Crippen molar-refractivity contribution in [2.45, 2.75) is 52.4 Å². The predicted octanol–water partition coefficient (Wildman–Crippen LogP) is 7.68. The Kier molecular flexibility index (Phi) is 9.20. The molecule has 3 aromatic rings. The number of ether oxygens (including phenoxy) is 2. The van der Waals surface area contributed by atoms with Gasteiger partial charge < -0.3 is 9.47 Å². The van der Waals surface area contributed by atoms with E-state index in [0.29, 0.717) is 11.5 Å². The van der Waals surface area contributed by atoms with Gasteiger partial charge in [0.2, 0.25) is 0 Å². The molecular weight excluding hydrogens is 496 g/mol. The minimum absolute atomic E-state index is 0.114. The van der Waals surface area contributed by atoms with E-state index in [0.717, 1.165) is 22.3 Å². The molecule has 0 radical (unpaired) electrons. The van der Waals surface area contributed by atoms with Crippen molar-refractivity contribution in [1.29, 1.82) is 0 Å². The molecule has 3 aromatic carbocycles. The first kappa shape index (κ1) is 29.8. The van der Waals surface area contributed by atoms with Crippen molar-refractivity contribution in [1.82, 2.24) is 0 Å². The minimum atomic E-state index is -0.649. The van der Waals surface area contributed by atoms with Crippen LogP contribution in [0.4, 0.5) is 0 Å². The van der Waals surface area contributed by atoms with Gasteiger partial charge in [-0.25, -0.2) is 9.59 Å². The smallest absolute Gasteiger partial charge is 0.344 e. The van der Waals surface area contributed by atoms with Crippen LogP contribution in [0.1, 0.15) is 70.7 Å². The molecule has 0 aromatic heterocycles. The Balaban J connectivity index is 1.83. The van der Waals surface area contributed by atoms with Crippen molar-refractivity contribution in [3.8, 4) is 35.2 Å². The third-order valence-electron chi connectivity index (χ3n) is 6.54. The van der Waals surface area contributed by atoms with Gasteiger partial charge in [0, 0.05) is 0 Å². The summed E-state index contributed by atoms with van der Waals surface area (Å²) >= 11 is 0. The Morgan fingerprint density at radius 3 is 1.38 bits per heavy atom. The van der Waals surface area contributed by atoms with Crippen molar-refractivity contribution in [2.75, 3.05) is 0 Å². The van der Waals surface area contributed by atoms with Crippen LogP contribution in [0.15, 0.2) is 86.0 Å². The van der Waals surface area contributed by atoms with Crippen LogP contribution < -0.4 is 9.47 Å². The van der Waals surface area contributed by atoms with Crippen LogP contribution in [0.25, 0.3) is 0 Å². The lowest BCUT2D eigenvalue weighted by atomic mass is 9.84. The number of esters is 2. The van der Waals surface area contributed by atoms with Gasteiger partial charge in [-0.2, -0.15) is 0 Å². The number of rotatable bonds is 6. The first-order valence-electron chi connectivity index (χ1n) is 12.9. The number of benzene rings is 3. The van der Waals surface area contributed by atoms with E-state index in [1.54, 1.807) is 48.6 Å². The van der Waals surface area contributed by atoms with Crippen LogP contribution in [0.5, 0.6) is 11.5 Å². The summed E-state index contributed by atoms with van der Waals surface area (Å²) in [6, 6.07) is 17.6. The Bertz CT molecular complexity index is 1480. The summed E-state index contributed by atoms with van der Waals surface area (Å²) in [5, 5.41) is 0. The van der Waals surface area contributed by atoms with Gasteiger partial charge in [-0.05, 0) is 100 Å². The highest BCUT2D eigenvalue weighted by Gasteiger charge is 2.24. The largest absolute Gasteiger partial charge is 0.423 e. The van der Waals surface area contributed by atoms with Crippen molar-refractivity contribution in [2.24, 2.45) is 0 Å². The maximum absolute atomic E-state index is 13.2. The molecule has 0 saturated carbocycles. The van der Waals surface area contributed by atoms with Gasteiger partial charge in [0.05, 0.1) is 22.0 Å². The fourth-order valence-corrected chi connectivity index (χ4v) is 4.06. The number of carbonyl (C=O) groups excluding carboxylic acids is 2. The van der Waals surface area contributed by atoms with Crippen LogP contribution in [0, 0.1) is 37.5 Å². The molecular formula is C36H34O4. The van der Waals surface area contributed by atoms with Crippen molar-refractivity contribution >= 4 is 11.9 Å². The van der Waals surface area contributed by atoms with E-state index in [2.05, 4.69) is 36.8 Å². The average Bonchev–Trinajstić information content (AvgIpc) is 2.92. The number of aryl methyl sites for hydroxylation is 2. The fourth-order valence-electron chi connectivity index (χ4n) is 4.06. The van der Waals surface area contributed by atoms with Gasteiger partial charge in [-0.15, -0.1) is 0 Å². The minimum Gasteiger partial charge on any atom is -0.423 e. The topological polar surface area (TPSA) is 52.6 Å². The van der Waals surface area contributed by atoms with Gasteiger partial charge in [-0.3, -0.25) is 0 Å². The van der Waals surface area contributed by atoms with Crippen molar-refractivity contribution in [3.05, 3.63) is 119 Å². The molecule has 202 valence electrons. The maximum Gasteiger partial charge on any atom is 0.344 e. The summed E-state index contributed by atoms with van der Waals surface area (Å²) in [6.45, 7) is 19.1. The Morgan fingerprint density at radius 1 is 0.675 bits per heavy atom. The normalized spacial score (nSPS) is 10.8. The Morgan fingerprint density at radius 2 is 1.05 bits per heavy atom. The molecule has 0 unspecified atom stereocenters. The molecule has 0 fully saturated rings. The summed E-state index contributed by atoms with van der Waals surface area (Å²) < 4.78 is 11.4. The zero-order chi connectivity index (χ0) is 29.5. The number of allylic oxidation sites excluding steroid dienone is 2. The van der Waals surface area contributed by atoms with Gasteiger partial charge in [0.15, 0.2) is 0 Å². The van der Waals surface area contributed by atoms with Crippen LogP contribution in [-0.4, -0.2) is 11.9 Å². The molecule has 0 saturated heterocycles. The molecule has 4 nitrogen and oxygen atoms in total. The molecule has 3 rings (SSSR count). The average molecular weight is 531 g/mol. The van der Waals surface area contributed by atoms with Gasteiger partial charge in [-0.1, -0.05) is 73.2 Å². The molecule has 0 amide bonds. The van der Waals surface area contributed by atoms with Crippen LogP contribution in [0.3, 0.4) is 0 Å². The zero-order valence-corrected chi connectivity index (χ0v) is 24.0. The first-order chi connectivity index (χ1) is 18.9. The zero-order valence-electron chi connectivity index (χ0n) is 24.0. The molecule has 0 N–H and O–H groups in total. The summed E-state index contributed by atoms with van der Waals surface area (Å²) in [5.74, 6) is 11.6. The quantitative estimate of drug-likeness (QED) is 0.186. The summed E-state index contributed by atoms with van der Waals surface area (Å²) in [5.41, 5.74) is 2.95. The highest BCUT2D eigenvalue weighted by Crippen LogP contribution is 2.30. The van der Waals surface area contributed by atoms with Crippen LogP contribution in [-0.2, 0) is 10.8 Å². The van der Waals surface area contributed by atoms with Crippen LogP contribution >= 0.6 is 0 Å². The van der Waals surface area contributed by atoms with E-state index in [9.17, 15) is 9.59 Å². The molecule has 4 heteroatoms. The maximum atomic E-state index is 13.2. The molecule has 0 atom stereocenters. The van der Waals surface area contributed by atoms with Crippen molar-refractivity contribution < 1.29 is 19.1 Å². The predicted molar refractivity (Wildman–Crippen MR) is 161 cm³/mol. The summed E-state index contributed by atoms with van der Waals surface area (Å²) in [4.78, 5) is 26.4. The van der Waals surface area contributed by atoms with Gasteiger partial charge in [0.25, 0.3) is 0 Å². The monoisotopic (exact) mass is 530 g/mol. The molecule has 0 bridgehead atoms. The van der Waals surface area contributed by atoms with E-state index in [4.69, 9.17) is 9.47 Å². The lowest BCUT2D eigenvalue weighted by Crippen LogP contribution is -2.19. The van der Waals surface area contributed by atoms with Crippen molar-refractivity contribution in [3.63, 3.8) is 0 Å². The van der Waals surface area contributed by atoms with E-state index in [1.165, 1.54) is 0 Å². The second-order valence-electron chi connectivity index (χ2n) is 10.5. The first-order valence-corrected chi connectivity index (χ1v) is 12.9. The Labute approximate surface area is 237 Å². The lowest BCUT2D eigenvalue weighted by Gasteiger charge is -2.20.